The first kappa shape index (κ1) is 15.8. The summed E-state index contributed by atoms with van der Waals surface area (Å²) in [4.78, 5) is 13.8. The van der Waals surface area contributed by atoms with E-state index in [-0.39, 0.29) is 12.0 Å². The van der Waals surface area contributed by atoms with Gasteiger partial charge in [0.05, 0.1) is 11.1 Å². The summed E-state index contributed by atoms with van der Waals surface area (Å²) in [5.41, 5.74) is -1.52. The fourth-order valence-electron chi connectivity index (χ4n) is 2.59. The van der Waals surface area contributed by atoms with E-state index in [1.54, 1.807) is 0 Å². The van der Waals surface area contributed by atoms with E-state index < -0.39 is 29.0 Å². The molecule has 21 heavy (non-hydrogen) atoms. The van der Waals surface area contributed by atoms with Crippen LogP contribution in [0.2, 0.25) is 0 Å². The van der Waals surface area contributed by atoms with Crippen LogP contribution in [0.4, 0.5) is 17.6 Å². The van der Waals surface area contributed by atoms with Crippen molar-refractivity contribution < 1.29 is 22.4 Å². The zero-order valence-electron chi connectivity index (χ0n) is 11.9. The van der Waals surface area contributed by atoms with Gasteiger partial charge < -0.3 is 4.90 Å². The van der Waals surface area contributed by atoms with E-state index in [4.69, 9.17) is 0 Å². The molecule has 1 saturated heterocycles. The average molecular weight is 303 g/mol. The lowest BCUT2D eigenvalue weighted by atomic mass is 9.94. The largest absolute Gasteiger partial charge is 0.416 e. The van der Waals surface area contributed by atoms with Crippen LogP contribution < -0.4 is 0 Å². The molecule has 0 saturated carbocycles. The van der Waals surface area contributed by atoms with Crippen LogP contribution >= 0.6 is 0 Å². The summed E-state index contributed by atoms with van der Waals surface area (Å²) in [5.74, 6) is -1.32. The van der Waals surface area contributed by atoms with Crippen molar-refractivity contribution in [3.05, 3.63) is 35.1 Å². The van der Waals surface area contributed by atoms with Gasteiger partial charge in [-0.15, -0.1) is 0 Å². The Morgan fingerprint density at radius 1 is 1.24 bits per heavy atom. The van der Waals surface area contributed by atoms with Crippen LogP contribution in [0.1, 0.15) is 42.6 Å². The monoisotopic (exact) mass is 303 g/mol. The number of benzene rings is 1. The summed E-state index contributed by atoms with van der Waals surface area (Å²) in [6.07, 6.45) is -2.87. The van der Waals surface area contributed by atoms with Crippen molar-refractivity contribution in [2.45, 2.75) is 38.9 Å². The Kier molecular flexibility index (Phi) is 4.25. The molecule has 1 heterocycles. The van der Waals surface area contributed by atoms with Gasteiger partial charge in [0.15, 0.2) is 0 Å². The quantitative estimate of drug-likeness (QED) is 0.715. The fourth-order valence-corrected chi connectivity index (χ4v) is 2.59. The van der Waals surface area contributed by atoms with Gasteiger partial charge in [0.2, 0.25) is 0 Å². The van der Waals surface area contributed by atoms with Crippen molar-refractivity contribution in [3.8, 4) is 0 Å². The molecule has 6 heteroatoms. The molecule has 1 aliphatic rings. The molecule has 1 amide bonds. The summed E-state index contributed by atoms with van der Waals surface area (Å²) in [6, 6.07) is 1.86. The maximum absolute atomic E-state index is 13.8. The lowest BCUT2D eigenvalue weighted by Crippen LogP contribution is -2.45. The molecular weight excluding hydrogens is 286 g/mol. The minimum Gasteiger partial charge on any atom is -0.336 e. The molecular formula is C15H17F4NO. The summed E-state index contributed by atoms with van der Waals surface area (Å²) in [6.45, 7) is 4.24. The van der Waals surface area contributed by atoms with E-state index in [2.05, 4.69) is 0 Å². The number of halogens is 4. The Morgan fingerprint density at radius 2 is 1.90 bits per heavy atom. The molecule has 0 bridgehead atoms. The van der Waals surface area contributed by atoms with Crippen LogP contribution in [0, 0.1) is 11.7 Å². The second kappa shape index (κ2) is 5.66. The highest BCUT2D eigenvalue weighted by Gasteiger charge is 2.34. The number of amides is 1. The minimum absolute atomic E-state index is 0.0948. The van der Waals surface area contributed by atoms with Gasteiger partial charge in [-0.05, 0) is 43.9 Å². The number of alkyl halides is 3. The van der Waals surface area contributed by atoms with Gasteiger partial charge in [0, 0.05) is 12.6 Å². The van der Waals surface area contributed by atoms with Crippen molar-refractivity contribution >= 4 is 5.91 Å². The van der Waals surface area contributed by atoms with Crippen molar-refractivity contribution in [1.82, 2.24) is 4.90 Å². The van der Waals surface area contributed by atoms with Gasteiger partial charge in [-0.2, -0.15) is 13.2 Å². The van der Waals surface area contributed by atoms with Crippen LogP contribution in [0.25, 0.3) is 0 Å². The zero-order valence-corrected chi connectivity index (χ0v) is 11.9. The lowest BCUT2D eigenvalue weighted by molar-refractivity contribution is -0.137. The first-order valence-corrected chi connectivity index (χ1v) is 6.88. The fraction of sp³-hybridized carbons (Fsp3) is 0.533. The first-order chi connectivity index (χ1) is 9.70. The normalized spacial score (nSPS) is 23.2. The standard InChI is InChI=1S/C15H17F4NO/c1-9-3-4-10(2)20(8-9)14(21)12-7-11(15(17,18)19)5-6-13(12)16/h5-7,9-10H,3-4,8H2,1-2H3. The van der Waals surface area contributed by atoms with Gasteiger partial charge in [0.25, 0.3) is 5.91 Å². The van der Waals surface area contributed by atoms with Crippen molar-refractivity contribution in [1.29, 1.82) is 0 Å². The van der Waals surface area contributed by atoms with Crippen LogP contribution in [0.15, 0.2) is 18.2 Å². The number of carbonyl (C=O) groups excluding carboxylic acids is 1. The Morgan fingerprint density at radius 3 is 2.52 bits per heavy atom. The predicted octanol–water partition coefficient (Wildman–Crippen LogP) is 4.11. The second-order valence-corrected chi connectivity index (χ2v) is 5.68. The topological polar surface area (TPSA) is 20.3 Å². The highest BCUT2D eigenvalue weighted by molar-refractivity contribution is 5.95. The van der Waals surface area contributed by atoms with Gasteiger partial charge >= 0.3 is 6.18 Å². The number of hydrogen-bond acceptors (Lipinski definition) is 1. The lowest BCUT2D eigenvalue weighted by Gasteiger charge is -2.37. The molecule has 0 aromatic heterocycles. The molecule has 0 spiro atoms. The van der Waals surface area contributed by atoms with Crippen LogP contribution in [-0.4, -0.2) is 23.4 Å². The third-order valence-electron chi connectivity index (χ3n) is 3.90. The van der Waals surface area contributed by atoms with Crippen molar-refractivity contribution in [3.63, 3.8) is 0 Å². The molecule has 0 aliphatic carbocycles. The molecule has 2 atom stereocenters. The number of carbonyl (C=O) groups is 1. The molecule has 0 N–H and O–H groups in total. The maximum Gasteiger partial charge on any atom is 0.416 e. The number of likely N-dealkylation sites (tertiary alicyclic amines) is 1. The summed E-state index contributed by atoms with van der Waals surface area (Å²) >= 11 is 0. The molecule has 1 fully saturated rings. The smallest absolute Gasteiger partial charge is 0.336 e. The van der Waals surface area contributed by atoms with E-state index in [1.807, 2.05) is 13.8 Å². The summed E-state index contributed by atoms with van der Waals surface area (Å²) in [5, 5.41) is 0. The Balaban J connectivity index is 2.34. The molecule has 1 aromatic rings. The maximum atomic E-state index is 13.8. The number of piperidine rings is 1. The highest BCUT2D eigenvalue weighted by Crippen LogP contribution is 2.31. The Bertz CT molecular complexity index is 541. The van der Waals surface area contributed by atoms with E-state index in [0.717, 1.165) is 12.8 Å². The van der Waals surface area contributed by atoms with Gasteiger partial charge in [-0.1, -0.05) is 6.92 Å². The molecule has 2 rings (SSSR count). The Labute approximate surface area is 120 Å². The van der Waals surface area contributed by atoms with E-state index in [1.165, 1.54) is 4.90 Å². The van der Waals surface area contributed by atoms with Crippen molar-refractivity contribution in [2.24, 2.45) is 5.92 Å². The van der Waals surface area contributed by atoms with Gasteiger partial charge in [-0.25, -0.2) is 4.39 Å². The highest BCUT2D eigenvalue weighted by atomic mass is 19.4. The third kappa shape index (κ3) is 3.36. The Hall–Kier alpha value is -1.59. The van der Waals surface area contributed by atoms with Gasteiger partial charge in [0.1, 0.15) is 5.82 Å². The van der Waals surface area contributed by atoms with E-state index in [0.29, 0.717) is 24.7 Å². The molecule has 1 aromatic carbocycles. The van der Waals surface area contributed by atoms with Crippen LogP contribution in [0.5, 0.6) is 0 Å². The van der Waals surface area contributed by atoms with Crippen molar-refractivity contribution in [2.75, 3.05) is 6.54 Å². The number of hydrogen-bond donors (Lipinski definition) is 0. The second-order valence-electron chi connectivity index (χ2n) is 5.68. The molecule has 2 unspecified atom stereocenters. The molecule has 0 radical (unpaired) electrons. The van der Waals surface area contributed by atoms with Crippen LogP contribution in [-0.2, 0) is 6.18 Å². The van der Waals surface area contributed by atoms with Gasteiger partial charge in [-0.3, -0.25) is 4.79 Å². The van der Waals surface area contributed by atoms with E-state index >= 15 is 0 Å². The number of rotatable bonds is 1. The van der Waals surface area contributed by atoms with E-state index in [9.17, 15) is 22.4 Å². The zero-order chi connectivity index (χ0) is 15.8. The predicted molar refractivity (Wildman–Crippen MR) is 70.3 cm³/mol. The SMILES string of the molecule is CC1CCC(C)N(C(=O)c2cc(C(F)(F)F)ccc2F)C1. The summed E-state index contributed by atoms with van der Waals surface area (Å²) in [7, 11) is 0. The third-order valence-corrected chi connectivity index (χ3v) is 3.90. The minimum atomic E-state index is -4.59. The molecule has 2 nitrogen and oxygen atoms in total. The first-order valence-electron chi connectivity index (χ1n) is 6.88. The number of nitrogens with zero attached hydrogens (tertiary/aromatic N) is 1. The molecule has 116 valence electrons. The molecule has 1 aliphatic heterocycles. The summed E-state index contributed by atoms with van der Waals surface area (Å²) < 4.78 is 51.9. The average Bonchev–Trinajstić information content (AvgIpc) is 2.40. The van der Waals surface area contributed by atoms with Crippen LogP contribution in [0.3, 0.4) is 0 Å².